The van der Waals surface area contributed by atoms with Gasteiger partial charge in [0.15, 0.2) is 0 Å². The van der Waals surface area contributed by atoms with Crippen molar-refractivity contribution in [3.8, 4) is 0 Å². The fourth-order valence-corrected chi connectivity index (χ4v) is 2.55. The predicted molar refractivity (Wildman–Crippen MR) is 104 cm³/mol. The topological polar surface area (TPSA) is 3.24 Å². The van der Waals surface area contributed by atoms with E-state index in [0.717, 1.165) is 19.5 Å². The van der Waals surface area contributed by atoms with E-state index in [1.807, 2.05) is 0 Å². The summed E-state index contributed by atoms with van der Waals surface area (Å²) in [5, 5.41) is 0. The van der Waals surface area contributed by atoms with E-state index in [4.69, 9.17) is 0 Å². The summed E-state index contributed by atoms with van der Waals surface area (Å²) in [7, 11) is 0. The molecule has 0 spiro atoms. The Bertz CT molecular complexity index is 534. The molecule has 0 radical (unpaired) electrons. The van der Waals surface area contributed by atoms with Crippen LogP contribution in [0.15, 0.2) is 54.8 Å². The lowest BCUT2D eigenvalue weighted by Gasteiger charge is -2.26. The van der Waals surface area contributed by atoms with Gasteiger partial charge in [-0.25, -0.2) is 0 Å². The average Bonchev–Trinajstić information content (AvgIpc) is 2.51. The molecule has 0 aliphatic carbocycles. The Morgan fingerprint density at radius 1 is 1.09 bits per heavy atom. The molecule has 0 aliphatic rings. The third kappa shape index (κ3) is 7.36. The molecular weight excluding hydrogens is 278 g/mol. The Balaban J connectivity index is 2.71. The molecule has 0 fully saturated rings. The van der Waals surface area contributed by atoms with Gasteiger partial charge in [-0.05, 0) is 44.7 Å². The highest BCUT2D eigenvalue weighted by atomic mass is 15.1. The van der Waals surface area contributed by atoms with Crippen molar-refractivity contribution in [2.45, 2.75) is 53.4 Å². The van der Waals surface area contributed by atoms with Crippen molar-refractivity contribution in [3.63, 3.8) is 0 Å². The Kier molecular flexibility index (Phi) is 8.47. The van der Waals surface area contributed by atoms with Crippen molar-refractivity contribution >= 4 is 5.57 Å². The number of hydrogen-bond acceptors (Lipinski definition) is 1. The molecule has 0 aliphatic heterocycles. The van der Waals surface area contributed by atoms with Crippen LogP contribution in [0.1, 0.15) is 57.6 Å². The first-order valence-corrected chi connectivity index (χ1v) is 8.75. The summed E-state index contributed by atoms with van der Waals surface area (Å²) in [5.41, 5.74) is 6.33. The number of hydrogen-bond donors (Lipinski definition) is 0. The average molecular weight is 312 g/mol. The molecule has 1 rings (SSSR count). The number of aryl methyl sites for hydroxylation is 1. The fourth-order valence-electron chi connectivity index (χ4n) is 2.55. The molecular formula is C22H33N. The third-order valence-corrected chi connectivity index (χ3v) is 4.10. The van der Waals surface area contributed by atoms with Crippen LogP contribution >= 0.6 is 0 Å². The zero-order valence-corrected chi connectivity index (χ0v) is 15.5. The molecule has 0 amide bonds. The molecule has 0 unspecified atom stereocenters. The maximum Gasteiger partial charge on any atom is 0.0384 e. The number of nitrogens with zero attached hydrogens (tertiary/aromatic N) is 1. The standard InChI is InChI=1S/C22H33N/c1-7-8-9-10-21(6)23(17-18(2)3)16-15-20(5)22-13-11-19(4)12-14-22/h11-15H,2,6-10,16-17H2,1,3-5H3/b20-15+. The van der Waals surface area contributed by atoms with Crippen LogP contribution in [0.2, 0.25) is 0 Å². The zero-order valence-electron chi connectivity index (χ0n) is 15.5. The van der Waals surface area contributed by atoms with Crippen LogP contribution in [0.25, 0.3) is 5.57 Å². The van der Waals surface area contributed by atoms with Crippen LogP contribution in [0, 0.1) is 6.92 Å². The monoisotopic (exact) mass is 311 g/mol. The first-order chi connectivity index (χ1) is 10.9. The molecule has 0 bridgehead atoms. The van der Waals surface area contributed by atoms with Crippen LogP contribution in [-0.2, 0) is 0 Å². The van der Waals surface area contributed by atoms with Gasteiger partial charge in [0.05, 0.1) is 0 Å². The van der Waals surface area contributed by atoms with Crippen molar-refractivity contribution in [2.24, 2.45) is 0 Å². The Morgan fingerprint density at radius 3 is 2.30 bits per heavy atom. The van der Waals surface area contributed by atoms with E-state index in [-0.39, 0.29) is 0 Å². The Labute approximate surface area is 143 Å². The van der Waals surface area contributed by atoms with Crippen LogP contribution in [-0.4, -0.2) is 18.0 Å². The number of allylic oxidation sites excluding steroid dienone is 2. The molecule has 23 heavy (non-hydrogen) atoms. The van der Waals surface area contributed by atoms with Crippen molar-refractivity contribution in [1.29, 1.82) is 0 Å². The highest BCUT2D eigenvalue weighted by Gasteiger charge is 2.07. The van der Waals surface area contributed by atoms with E-state index < -0.39 is 0 Å². The molecule has 0 saturated carbocycles. The van der Waals surface area contributed by atoms with Gasteiger partial charge in [-0.2, -0.15) is 0 Å². The van der Waals surface area contributed by atoms with Crippen molar-refractivity contribution in [3.05, 3.63) is 65.9 Å². The number of benzene rings is 1. The van der Waals surface area contributed by atoms with E-state index in [9.17, 15) is 0 Å². The molecule has 1 aromatic carbocycles. The normalized spacial score (nSPS) is 11.4. The minimum atomic E-state index is 0.892. The second kappa shape index (κ2) is 10.1. The molecule has 1 heteroatoms. The first kappa shape index (κ1) is 19.3. The van der Waals surface area contributed by atoms with Crippen LogP contribution in [0.3, 0.4) is 0 Å². The maximum atomic E-state index is 4.30. The Morgan fingerprint density at radius 2 is 1.74 bits per heavy atom. The first-order valence-electron chi connectivity index (χ1n) is 8.75. The van der Waals surface area contributed by atoms with Crippen molar-refractivity contribution in [1.82, 2.24) is 4.90 Å². The van der Waals surface area contributed by atoms with Gasteiger partial charge in [-0.15, -0.1) is 0 Å². The summed E-state index contributed by atoms with van der Waals surface area (Å²) in [6, 6.07) is 8.73. The molecule has 126 valence electrons. The van der Waals surface area contributed by atoms with E-state index in [2.05, 4.69) is 76.1 Å². The SMILES string of the molecule is C=C(C)CN(C/C=C(\C)c1ccc(C)cc1)C(=C)CCCCC. The van der Waals surface area contributed by atoms with Crippen LogP contribution < -0.4 is 0 Å². The minimum absolute atomic E-state index is 0.892. The van der Waals surface area contributed by atoms with Crippen LogP contribution in [0.4, 0.5) is 0 Å². The van der Waals surface area contributed by atoms with Gasteiger partial charge < -0.3 is 4.90 Å². The summed E-state index contributed by atoms with van der Waals surface area (Å²) in [6.07, 6.45) is 7.14. The van der Waals surface area contributed by atoms with E-state index in [1.54, 1.807) is 0 Å². The number of unbranched alkanes of at least 4 members (excludes halogenated alkanes) is 2. The minimum Gasteiger partial charge on any atom is -0.368 e. The van der Waals surface area contributed by atoms with Gasteiger partial charge in [0.25, 0.3) is 0 Å². The lowest BCUT2D eigenvalue weighted by atomic mass is 10.1. The fraction of sp³-hybridized carbons (Fsp3) is 0.455. The molecule has 1 nitrogen and oxygen atoms in total. The van der Waals surface area contributed by atoms with E-state index in [0.29, 0.717) is 0 Å². The van der Waals surface area contributed by atoms with Gasteiger partial charge in [0.1, 0.15) is 0 Å². The summed E-state index contributed by atoms with van der Waals surface area (Å²) in [5.74, 6) is 0. The largest absolute Gasteiger partial charge is 0.368 e. The Hall–Kier alpha value is -1.76. The third-order valence-electron chi connectivity index (χ3n) is 4.10. The lowest BCUT2D eigenvalue weighted by Crippen LogP contribution is -2.24. The van der Waals surface area contributed by atoms with Gasteiger partial charge in [0.2, 0.25) is 0 Å². The van der Waals surface area contributed by atoms with E-state index >= 15 is 0 Å². The highest BCUT2D eigenvalue weighted by molar-refractivity contribution is 5.63. The van der Waals surface area contributed by atoms with Crippen molar-refractivity contribution in [2.75, 3.05) is 13.1 Å². The quantitative estimate of drug-likeness (QED) is 0.358. The predicted octanol–water partition coefficient (Wildman–Crippen LogP) is 6.37. The van der Waals surface area contributed by atoms with Gasteiger partial charge in [-0.3, -0.25) is 0 Å². The second-order valence-electron chi connectivity index (χ2n) is 6.61. The molecule has 0 atom stereocenters. The summed E-state index contributed by atoms with van der Waals surface area (Å²) >= 11 is 0. The summed E-state index contributed by atoms with van der Waals surface area (Å²) < 4.78 is 0. The molecule has 0 aromatic heterocycles. The number of rotatable bonds is 10. The zero-order chi connectivity index (χ0) is 17.2. The molecule has 0 saturated heterocycles. The van der Waals surface area contributed by atoms with Gasteiger partial charge >= 0.3 is 0 Å². The highest BCUT2D eigenvalue weighted by Crippen LogP contribution is 2.17. The molecule has 1 aromatic rings. The van der Waals surface area contributed by atoms with Gasteiger partial charge in [-0.1, -0.05) is 74.4 Å². The van der Waals surface area contributed by atoms with Crippen LogP contribution in [0.5, 0.6) is 0 Å². The second-order valence-corrected chi connectivity index (χ2v) is 6.61. The maximum absolute atomic E-state index is 4.30. The van der Waals surface area contributed by atoms with Gasteiger partial charge in [0, 0.05) is 18.8 Å². The molecule has 0 heterocycles. The summed E-state index contributed by atoms with van der Waals surface area (Å²) in [6.45, 7) is 18.8. The van der Waals surface area contributed by atoms with Crippen molar-refractivity contribution < 1.29 is 0 Å². The van der Waals surface area contributed by atoms with E-state index in [1.165, 1.54) is 47.2 Å². The molecule has 0 N–H and O–H groups in total. The summed E-state index contributed by atoms with van der Waals surface area (Å²) in [4.78, 5) is 2.36. The lowest BCUT2D eigenvalue weighted by molar-refractivity contribution is 0.392. The smallest absolute Gasteiger partial charge is 0.0384 e.